The van der Waals surface area contributed by atoms with Crippen LogP contribution < -0.4 is 10.7 Å². The predicted octanol–water partition coefficient (Wildman–Crippen LogP) is 9.18. The van der Waals surface area contributed by atoms with Crippen LogP contribution in [0.2, 0.25) is 0 Å². The lowest BCUT2D eigenvalue weighted by molar-refractivity contribution is -0.0215. The summed E-state index contributed by atoms with van der Waals surface area (Å²) in [5.74, 6) is 4.62. The highest BCUT2D eigenvalue weighted by atomic mass is 32.1. The van der Waals surface area contributed by atoms with Gasteiger partial charge < -0.3 is 5.32 Å². The molecule has 0 bridgehead atoms. The molecule has 4 fully saturated rings. The molecular weight excluding hydrogens is 482 g/mol. The summed E-state index contributed by atoms with van der Waals surface area (Å²) in [6, 6.07) is 0.522. The zero-order valence-electron chi connectivity index (χ0n) is 25.3. The summed E-state index contributed by atoms with van der Waals surface area (Å²) in [6.45, 7) is 12.6. The summed E-state index contributed by atoms with van der Waals surface area (Å²) < 4.78 is 0. The summed E-state index contributed by atoms with van der Waals surface area (Å²) in [7, 11) is 0. The van der Waals surface area contributed by atoms with E-state index in [4.69, 9.17) is 17.3 Å². The molecule has 3 nitrogen and oxygen atoms in total. The molecule has 5 aliphatic carbocycles. The summed E-state index contributed by atoms with van der Waals surface area (Å²) in [5, 5.41) is 9.50. The Balaban J connectivity index is 1.37. The van der Waals surface area contributed by atoms with Gasteiger partial charge in [0.25, 0.3) is 0 Å². The standard InChI is InChI=1S/C34H57N3S/c1-23(2)12-11-13-24(3)27-17-18-28-31-29(19-21-34(27,28)5)33(4)20-10-9-14-25(33)22-30(31)36-37-32(38)35-26-15-7-6-8-16-26/h22-24,26-29,31H,6-21H2,1-5H3,(H2,35,37,38)/b36-30+/t24-,27-,28+,29+,31+,33+,34-/m1/s1. The molecule has 38 heavy (non-hydrogen) atoms. The number of hydrogen-bond donors (Lipinski definition) is 2. The van der Waals surface area contributed by atoms with Gasteiger partial charge in [-0.05, 0) is 117 Å². The number of hydrazone groups is 1. The van der Waals surface area contributed by atoms with Crippen LogP contribution in [0.25, 0.3) is 0 Å². The van der Waals surface area contributed by atoms with E-state index in [0.29, 0.717) is 22.8 Å². The smallest absolute Gasteiger partial charge is 0.187 e. The Kier molecular flexibility index (Phi) is 8.97. The Bertz CT molecular complexity index is 901. The molecule has 0 aromatic carbocycles. The Morgan fingerprint density at radius 1 is 0.947 bits per heavy atom. The van der Waals surface area contributed by atoms with E-state index in [1.165, 1.54) is 108 Å². The fourth-order valence-corrected chi connectivity index (χ4v) is 10.4. The highest BCUT2D eigenvalue weighted by Crippen LogP contribution is 2.66. The fraction of sp³-hybridized carbons (Fsp3) is 0.882. The average Bonchev–Trinajstić information content (AvgIpc) is 3.25. The minimum Gasteiger partial charge on any atom is -0.359 e. The Hall–Kier alpha value is -0.900. The molecular formula is C34H57N3S. The van der Waals surface area contributed by atoms with Gasteiger partial charge in [-0.25, -0.2) is 0 Å². The molecule has 0 amide bonds. The quantitative estimate of drug-likeness (QED) is 0.250. The van der Waals surface area contributed by atoms with Gasteiger partial charge >= 0.3 is 0 Å². The maximum Gasteiger partial charge on any atom is 0.187 e. The second kappa shape index (κ2) is 11.9. The minimum absolute atomic E-state index is 0.380. The maximum atomic E-state index is 5.76. The topological polar surface area (TPSA) is 36.4 Å². The molecule has 0 aromatic heterocycles. The zero-order chi connectivity index (χ0) is 26.9. The van der Waals surface area contributed by atoms with Crippen molar-refractivity contribution in [2.75, 3.05) is 0 Å². The van der Waals surface area contributed by atoms with Gasteiger partial charge in [-0.1, -0.05) is 85.1 Å². The van der Waals surface area contributed by atoms with Crippen molar-refractivity contribution in [1.82, 2.24) is 10.7 Å². The maximum absolute atomic E-state index is 5.76. The normalized spacial score (nSPS) is 39.2. The third-order valence-electron chi connectivity index (χ3n) is 12.3. The average molecular weight is 540 g/mol. The second-order valence-corrected chi connectivity index (χ2v) is 15.4. The highest BCUT2D eigenvalue weighted by Gasteiger charge is 2.60. The number of allylic oxidation sites excluding steroid dienone is 2. The number of rotatable bonds is 7. The minimum atomic E-state index is 0.380. The molecule has 0 unspecified atom stereocenters. The molecule has 2 N–H and O–H groups in total. The van der Waals surface area contributed by atoms with E-state index in [2.05, 4.69) is 51.4 Å². The number of thiocarbonyl (C=S) groups is 1. The van der Waals surface area contributed by atoms with Gasteiger partial charge in [0.2, 0.25) is 0 Å². The fourth-order valence-electron chi connectivity index (χ4n) is 10.2. The van der Waals surface area contributed by atoms with Gasteiger partial charge in [0, 0.05) is 12.0 Å². The van der Waals surface area contributed by atoms with Crippen molar-refractivity contribution >= 4 is 23.0 Å². The van der Waals surface area contributed by atoms with Crippen molar-refractivity contribution in [1.29, 1.82) is 0 Å². The molecule has 214 valence electrons. The van der Waals surface area contributed by atoms with E-state index in [0.717, 1.165) is 34.7 Å². The molecule has 0 heterocycles. The van der Waals surface area contributed by atoms with Crippen molar-refractivity contribution < 1.29 is 0 Å². The van der Waals surface area contributed by atoms with Crippen LogP contribution in [0.3, 0.4) is 0 Å². The van der Waals surface area contributed by atoms with Crippen LogP contribution in [0.4, 0.5) is 0 Å². The number of nitrogens with zero attached hydrogens (tertiary/aromatic N) is 1. The number of fused-ring (bicyclic) bond motifs is 5. The first-order chi connectivity index (χ1) is 18.2. The Labute approximate surface area is 239 Å². The van der Waals surface area contributed by atoms with Crippen LogP contribution in [-0.2, 0) is 0 Å². The first-order valence-corrected chi connectivity index (χ1v) is 17.0. The SMILES string of the molecule is CC(C)CCC[C@@H](C)[C@H]1CC[C@H]2[C@@H]3/C(=N/NC(=S)NC4CCCCC4)C=C4CCCC[C@]4(C)[C@H]3CC[C@]12C. The molecule has 5 rings (SSSR count). The monoisotopic (exact) mass is 539 g/mol. The van der Waals surface area contributed by atoms with Gasteiger partial charge in [-0.15, -0.1) is 0 Å². The van der Waals surface area contributed by atoms with E-state index < -0.39 is 0 Å². The molecule has 5 aliphatic rings. The van der Waals surface area contributed by atoms with Crippen LogP contribution in [-0.4, -0.2) is 16.9 Å². The van der Waals surface area contributed by atoms with Crippen LogP contribution in [0.1, 0.15) is 137 Å². The van der Waals surface area contributed by atoms with Gasteiger partial charge in [-0.3, -0.25) is 5.43 Å². The number of hydrogen-bond acceptors (Lipinski definition) is 2. The summed E-state index contributed by atoms with van der Waals surface area (Å²) >= 11 is 5.76. The van der Waals surface area contributed by atoms with Crippen LogP contribution in [0, 0.1) is 46.3 Å². The molecule has 0 spiro atoms. The van der Waals surface area contributed by atoms with Gasteiger partial charge in [0.1, 0.15) is 0 Å². The molecule has 0 saturated heterocycles. The van der Waals surface area contributed by atoms with E-state index in [-0.39, 0.29) is 0 Å². The molecule has 0 radical (unpaired) electrons. The first kappa shape index (κ1) is 28.6. The Morgan fingerprint density at radius 3 is 2.50 bits per heavy atom. The predicted molar refractivity (Wildman–Crippen MR) is 166 cm³/mol. The van der Waals surface area contributed by atoms with Crippen molar-refractivity contribution in [2.45, 2.75) is 143 Å². The molecule has 0 aromatic rings. The van der Waals surface area contributed by atoms with Crippen LogP contribution in [0.5, 0.6) is 0 Å². The number of nitrogens with one attached hydrogen (secondary N) is 2. The van der Waals surface area contributed by atoms with E-state index in [9.17, 15) is 0 Å². The molecule has 4 saturated carbocycles. The lowest BCUT2D eigenvalue weighted by atomic mass is 9.46. The largest absolute Gasteiger partial charge is 0.359 e. The third kappa shape index (κ3) is 5.64. The van der Waals surface area contributed by atoms with Crippen LogP contribution in [0.15, 0.2) is 16.8 Å². The first-order valence-electron chi connectivity index (χ1n) is 16.6. The zero-order valence-corrected chi connectivity index (χ0v) is 26.1. The van der Waals surface area contributed by atoms with E-state index >= 15 is 0 Å². The van der Waals surface area contributed by atoms with Gasteiger partial charge in [0.05, 0.1) is 5.71 Å². The third-order valence-corrected chi connectivity index (χ3v) is 12.5. The van der Waals surface area contributed by atoms with Crippen molar-refractivity contribution in [3.63, 3.8) is 0 Å². The van der Waals surface area contributed by atoms with E-state index in [1.54, 1.807) is 5.57 Å². The van der Waals surface area contributed by atoms with Crippen molar-refractivity contribution in [3.8, 4) is 0 Å². The lowest BCUT2D eigenvalue weighted by Crippen LogP contribution is -2.53. The van der Waals surface area contributed by atoms with Crippen molar-refractivity contribution in [2.24, 2.45) is 51.4 Å². The van der Waals surface area contributed by atoms with Crippen molar-refractivity contribution in [3.05, 3.63) is 11.6 Å². The van der Waals surface area contributed by atoms with Gasteiger partial charge in [-0.2, -0.15) is 5.10 Å². The summed E-state index contributed by atoms with van der Waals surface area (Å²) in [6.07, 6.45) is 24.2. The van der Waals surface area contributed by atoms with E-state index in [1.807, 2.05) is 0 Å². The summed E-state index contributed by atoms with van der Waals surface area (Å²) in [4.78, 5) is 0. The molecule has 4 heteroatoms. The van der Waals surface area contributed by atoms with Gasteiger partial charge in [0.15, 0.2) is 5.11 Å². The van der Waals surface area contributed by atoms with Crippen LogP contribution >= 0.6 is 12.2 Å². The summed E-state index contributed by atoms with van der Waals surface area (Å²) in [5.41, 5.74) is 7.23. The molecule has 7 atom stereocenters. The molecule has 0 aliphatic heterocycles. The second-order valence-electron chi connectivity index (χ2n) is 15.0. The lowest BCUT2D eigenvalue weighted by Gasteiger charge is -2.58. The Morgan fingerprint density at radius 2 is 1.74 bits per heavy atom. The highest BCUT2D eigenvalue weighted by molar-refractivity contribution is 7.80.